The van der Waals surface area contributed by atoms with E-state index >= 15 is 0 Å². The van der Waals surface area contributed by atoms with Crippen molar-refractivity contribution in [2.45, 2.75) is 6.42 Å². The van der Waals surface area contributed by atoms with Gasteiger partial charge in [0.1, 0.15) is 5.69 Å². The second kappa shape index (κ2) is 8.25. The predicted molar refractivity (Wildman–Crippen MR) is 116 cm³/mol. The highest BCUT2D eigenvalue weighted by molar-refractivity contribution is 7.15. The Morgan fingerprint density at radius 1 is 1.10 bits per heavy atom. The minimum Gasteiger partial charge on any atom is -0.493 e. The standard InChI is InChI=1S/C21H16ClN3O4S/c1-28-16-9-5-7-13(18(16)29-2)11-17-20(27)25-21(30-17)23-19(26)15(24-25)10-12-6-3-4-8-14(12)22/h3-9,11H,10H2,1-2H3/b17-11+. The van der Waals surface area contributed by atoms with Crippen LogP contribution in [0.2, 0.25) is 5.02 Å². The smallest absolute Gasteiger partial charge is 0.296 e. The number of halogens is 1. The van der Waals surface area contributed by atoms with Gasteiger partial charge in [-0.1, -0.05) is 53.3 Å². The van der Waals surface area contributed by atoms with Crippen LogP contribution in [0.4, 0.5) is 0 Å². The Hall–Kier alpha value is -3.23. The summed E-state index contributed by atoms with van der Waals surface area (Å²) in [6, 6.07) is 12.5. The number of rotatable bonds is 5. The molecule has 0 fully saturated rings. The monoisotopic (exact) mass is 441 g/mol. The number of methoxy groups -OCH3 is 2. The van der Waals surface area contributed by atoms with Crippen molar-refractivity contribution >= 4 is 34.0 Å². The molecule has 0 saturated carbocycles. The van der Waals surface area contributed by atoms with Gasteiger partial charge in [0.15, 0.2) is 11.5 Å². The van der Waals surface area contributed by atoms with E-state index in [0.29, 0.717) is 26.6 Å². The molecular formula is C21H16ClN3O4S. The first-order valence-corrected chi connectivity index (χ1v) is 10.1. The minimum absolute atomic E-state index is 0.154. The van der Waals surface area contributed by atoms with Gasteiger partial charge in [-0.05, 0) is 23.8 Å². The zero-order chi connectivity index (χ0) is 21.3. The lowest BCUT2D eigenvalue weighted by Gasteiger charge is -2.09. The summed E-state index contributed by atoms with van der Waals surface area (Å²) < 4.78 is 12.2. The SMILES string of the molecule is COc1cccc(/C=c2/sc3nc(=O)c(Cc4ccccc4Cl)nn3c2=O)c1OC. The van der Waals surface area contributed by atoms with E-state index in [1.165, 1.54) is 7.11 Å². The minimum atomic E-state index is -0.485. The highest BCUT2D eigenvalue weighted by Crippen LogP contribution is 2.31. The van der Waals surface area contributed by atoms with Crippen LogP contribution < -0.4 is 25.1 Å². The number of hydrogen-bond donors (Lipinski definition) is 0. The van der Waals surface area contributed by atoms with Gasteiger partial charge in [-0.25, -0.2) is 0 Å². The fourth-order valence-corrected chi connectivity index (χ4v) is 4.14. The predicted octanol–water partition coefficient (Wildman–Crippen LogP) is 2.32. The zero-order valence-corrected chi connectivity index (χ0v) is 17.7. The molecule has 0 aliphatic heterocycles. The van der Waals surface area contributed by atoms with E-state index in [2.05, 4.69) is 10.1 Å². The van der Waals surface area contributed by atoms with Gasteiger partial charge in [0, 0.05) is 17.0 Å². The highest BCUT2D eigenvalue weighted by Gasteiger charge is 2.14. The molecule has 0 saturated heterocycles. The molecule has 0 aliphatic carbocycles. The van der Waals surface area contributed by atoms with E-state index in [4.69, 9.17) is 21.1 Å². The first-order chi connectivity index (χ1) is 14.5. The molecule has 7 nitrogen and oxygen atoms in total. The summed E-state index contributed by atoms with van der Waals surface area (Å²) in [5, 5.41) is 4.78. The molecule has 2 heterocycles. The van der Waals surface area contributed by atoms with Crippen LogP contribution >= 0.6 is 22.9 Å². The maximum absolute atomic E-state index is 12.9. The zero-order valence-electron chi connectivity index (χ0n) is 16.1. The molecule has 30 heavy (non-hydrogen) atoms. The third-order valence-electron chi connectivity index (χ3n) is 4.49. The summed E-state index contributed by atoms with van der Waals surface area (Å²) in [5.41, 5.74) is 0.705. The molecule has 9 heteroatoms. The highest BCUT2D eigenvalue weighted by atomic mass is 35.5. The Bertz CT molecular complexity index is 1410. The van der Waals surface area contributed by atoms with Crippen LogP contribution in [0.15, 0.2) is 52.1 Å². The fraction of sp³-hybridized carbons (Fsp3) is 0.143. The summed E-state index contributed by atoms with van der Waals surface area (Å²) in [6.07, 6.45) is 1.86. The van der Waals surface area contributed by atoms with Crippen molar-refractivity contribution < 1.29 is 9.47 Å². The average molecular weight is 442 g/mol. The molecule has 0 aliphatic rings. The van der Waals surface area contributed by atoms with Gasteiger partial charge in [-0.2, -0.15) is 14.6 Å². The van der Waals surface area contributed by atoms with E-state index in [0.717, 1.165) is 21.4 Å². The van der Waals surface area contributed by atoms with E-state index < -0.39 is 5.56 Å². The molecule has 0 unspecified atom stereocenters. The number of benzene rings is 2. The van der Waals surface area contributed by atoms with Crippen LogP contribution in [0.25, 0.3) is 11.0 Å². The van der Waals surface area contributed by atoms with Crippen molar-refractivity contribution in [3.8, 4) is 11.5 Å². The summed E-state index contributed by atoms with van der Waals surface area (Å²) in [7, 11) is 3.07. The van der Waals surface area contributed by atoms with Crippen molar-refractivity contribution in [2.75, 3.05) is 14.2 Å². The topological polar surface area (TPSA) is 82.8 Å². The third-order valence-corrected chi connectivity index (χ3v) is 5.81. The third kappa shape index (κ3) is 3.67. The first-order valence-electron chi connectivity index (χ1n) is 8.90. The summed E-state index contributed by atoms with van der Waals surface area (Å²) in [5.74, 6) is 1.05. The molecular weight excluding hydrogens is 426 g/mol. The van der Waals surface area contributed by atoms with Crippen LogP contribution in [-0.4, -0.2) is 28.8 Å². The molecule has 2 aromatic heterocycles. The number of thiazole rings is 1. The maximum Gasteiger partial charge on any atom is 0.296 e. The van der Waals surface area contributed by atoms with Gasteiger partial charge >= 0.3 is 0 Å². The second-order valence-electron chi connectivity index (χ2n) is 6.32. The molecule has 0 atom stereocenters. The number of ether oxygens (including phenoxy) is 2. The Balaban J connectivity index is 1.84. The van der Waals surface area contributed by atoms with Gasteiger partial charge in [-0.15, -0.1) is 0 Å². The molecule has 4 aromatic rings. The Kier molecular flexibility index (Phi) is 5.52. The van der Waals surface area contributed by atoms with Crippen LogP contribution in [0.1, 0.15) is 16.8 Å². The molecule has 4 rings (SSSR count). The number of fused-ring (bicyclic) bond motifs is 1. The number of nitrogens with zero attached hydrogens (tertiary/aromatic N) is 3. The van der Waals surface area contributed by atoms with Gasteiger partial charge in [-0.3, -0.25) is 9.59 Å². The van der Waals surface area contributed by atoms with Crippen molar-refractivity contribution in [3.05, 3.63) is 89.5 Å². The molecule has 152 valence electrons. The summed E-state index contributed by atoms with van der Waals surface area (Å²) in [4.78, 5) is 29.6. The lowest BCUT2D eigenvalue weighted by molar-refractivity contribution is 0.354. The number of aromatic nitrogens is 3. The van der Waals surface area contributed by atoms with Crippen molar-refractivity contribution in [1.29, 1.82) is 0 Å². The first kappa shape index (κ1) is 20.1. The quantitative estimate of drug-likeness (QED) is 0.472. The normalized spacial score (nSPS) is 11.8. The average Bonchev–Trinajstić information content (AvgIpc) is 3.04. The van der Waals surface area contributed by atoms with Gasteiger partial charge < -0.3 is 9.47 Å². The van der Waals surface area contributed by atoms with E-state index in [-0.39, 0.29) is 22.6 Å². The lowest BCUT2D eigenvalue weighted by atomic mass is 10.1. The molecule has 0 spiro atoms. The van der Waals surface area contributed by atoms with E-state index in [1.807, 2.05) is 6.07 Å². The van der Waals surface area contributed by atoms with Crippen LogP contribution in [0.5, 0.6) is 11.5 Å². The second-order valence-corrected chi connectivity index (χ2v) is 7.74. The van der Waals surface area contributed by atoms with Crippen molar-refractivity contribution in [3.63, 3.8) is 0 Å². The number of hydrogen-bond acceptors (Lipinski definition) is 7. The van der Waals surface area contributed by atoms with Gasteiger partial charge in [0.2, 0.25) is 4.96 Å². The number of para-hydroxylation sites is 1. The largest absolute Gasteiger partial charge is 0.493 e. The van der Waals surface area contributed by atoms with E-state index in [1.54, 1.807) is 49.6 Å². The molecule has 2 aromatic carbocycles. The fourth-order valence-electron chi connectivity index (χ4n) is 3.04. The van der Waals surface area contributed by atoms with Gasteiger partial charge in [0.25, 0.3) is 11.1 Å². The van der Waals surface area contributed by atoms with Gasteiger partial charge in [0.05, 0.1) is 18.8 Å². The Morgan fingerprint density at radius 2 is 1.90 bits per heavy atom. The summed E-state index contributed by atoms with van der Waals surface area (Å²) >= 11 is 7.26. The molecule has 0 bridgehead atoms. The summed E-state index contributed by atoms with van der Waals surface area (Å²) in [6.45, 7) is 0. The Morgan fingerprint density at radius 3 is 2.63 bits per heavy atom. The van der Waals surface area contributed by atoms with Crippen LogP contribution in [-0.2, 0) is 6.42 Å². The van der Waals surface area contributed by atoms with Crippen molar-refractivity contribution in [1.82, 2.24) is 14.6 Å². The van der Waals surface area contributed by atoms with Crippen LogP contribution in [0.3, 0.4) is 0 Å². The maximum atomic E-state index is 12.9. The van der Waals surface area contributed by atoms with Crippen LogP contribution in [0, 0.1) is 0 Å². The lowest BCUT2D eigenvalue weighted by Crippen LogP contribution is -2.28. The van der Waals surface area contributed by atoms with Crippen molar-refractivity contribution in [2.24, 2.45) is 0 Å². The molecule has 0 radical (unpaired) electrons. The molecule has 0 N–H and O–H groups in total. The Labute approximate surface area is 179 Å². The molecule has 0 amide bonds. The van der Waals surface area contributed by atoms with E-state index in [9.17, 15) is 9.59 Å².